The van der Waals surface area contributed by atoms with Gasteiger partial charge in [-0.3, -0.25) is 4.79 Å². The van der Waals surface area contributed by atoms with E-state index in [1.54, 1.807) is 0 Å². The van der Waals surface area contributed by atoms with Crippen molar-refractivity contribution in [3.63, 3.8) is 0 Å². The Kier molecular flexibility index (Phi) is 4.99. The zero-order valence-corrected chi connectivity index (χ0v) is 9.51. The Labute approximate surface area is 87.5 Å². The fourth-order valence-electron chi connectivity index (χ4n) is 2.12. The summed E-state index contributed by atoms with van der Waals surface area (Å²) in [4.78, 5) is 11.8. The fourth-order valence-corrected chi connectivity index (χ4v) is 2.12. The highest BCUT2D eigenvalue weighted by Gasteiger charge is 2.19. The first kappa shape index (κ1) is 11.5. The molecule has 1 saturated carbocycles. The minimum absolute atomic E-state index is 0.280. The molecule has 1 fully saturated rings. The third-order valence-corrected chi connectivity index (χ3v) is 2.91. The maximum absolute atomic E-state index is 11.8. The summed E-state index contributed by atoms with van der Waals surface area (Å²) in [7, 11) is 0. The van der Waals surface area contributed by atoms with Crippen LogP contribution in [0, 0.1) is 5.92 Å². The van der Waals surface area contributed by atoms with Gasteiger partial charge in [0.15, 0.2) is 0 Å². The van der Waals surface area contributed by atoms with E-state index in [1.165, 1.54) is 32.1 Å². The van der Waals surface area contributed by atoms with Crippen molar-refractivity contribution in [3.8, 4) is 0 Å². The van der Waals surface area contributed by atoms with Crippen molar-refractivity contribution in [2.45, 2.75) is 64.8 Å². The van der Waals surface area contributed by atoms with E-state index in [-0.39, 0.29) is 17.9 Å². The Morgan fingerprint density at radius 1 is 1.07 bits per heavy atom. The molecule has 0 spiro atoms. The van der Waals surface area contributed by atoms with Gasteiger partial charge in [0, 0.05) is 12.0 Å². The average Bonchev–Trinajstić information content (AvgIpc) is 2.00. The molecule has 0 radical (unpaired) electrons. The summed E-state index contributed by atoms with van der Waals surface area (Å²) >= 11 is 0. The van der Waals surface area contributed by atoms with Gasteiger partial charge in [-0.05, 0) is 26.7 Å². The topological polar surface area (TPSA) is 29.1 Å². The molecule has 2 nitrogen and oxygen atoms in total. The first-order chi connectivity index (χ1) is 6.70. The minimum atomic E-state index is 0.280. The number of rotatable bonds is 2. The van der Waals surface area contributed by atoms with Gasteiger partial charge in [-0.25, -0.2) is 0 Å². The molecule has 1 amide bonds. The largest absolute Gasteiger partial charge is 0.354 e. The number of hydrogen-bond donors (Lipinski definition) is 1. The molecule has 0 aromatic heterocycles. The smallest absolute Gasteiger partial charge is 0.223 e. The summed E-state index contributed by atoms with van der Waals surface area (Å²) in [5, 5.41) is 3.02. The van der Waals surface area contributed by atoms with Crippen LogP contribution in [0.3, 0.4) is 0 Å². The highest BCUT2D eigenvalue weighted by molar-refractivity contribution is 5.78. The van der Waals surface area contributed by atoms with Gasteiger partial charge < -0.3 is 5.32 Å². The molecule has 0 heterocycles. The van der Waals surface area contributed by atoms with Gasteiger partial charge in [0.05, 0.1) is 0 Å². The summed E-state index contributed by atoms with van der Waals surface area (Å²) in [5.74, 6) is 0.569. The van der Waals surface area contributed by atoms with Crippen molar-refractivity contribution >= 4 is 5.91 Å². The number of nitrogens with one attached hydrogen (secondary N) is 1. The molecule has 0 bridgehead atoms. The van der Waals surface area contributed by atoms with Gasteiger partial charge in [-0.2, -0.15) is 0 Å². The van der Waals surface area contributed by atoms with E-state index in [9.17, 15) is 4.79 Å². The first-order valence-electron chi connectivity index (χ1n) is 6.00. The van der Waals surface area contributed by atoms with Crippen LogP contribution >= 0.6 is 0 Å². The second kappa shape index (κ2) is 6.05. The van der Waals surface area contributed by atoms with Crippen LogP contribution in [0.5, 0.6) is 0 Å². The quantitative estimate of drug-likeness (QED) is 0.724. The maximum Gasteiger partial charge on any atom is 0.223 e. The third-order valence-electron chi connectivity index (χ3n) is 2.91. The molecule has 0 aromatic rings. The van der Waals surface area contributed by atoms with Crippen LogP contribution in [0.15, 0.2) is 0 Å². The van der Waals surface area contributed by atoms with Crippen molar-refractivity contribution in [1.29, 1.82) is 0 Å². The van der Waals surface area contributed by atoms with E-state index in [1.807, 2.05) is 13.8 Å². The standard InChI is InChI=1S/C12H23NO/c1-10(2)13-12(14)11-8-6-4-3-5-7-9-11/h10-11H,3-9H2,1-2H3,(H,13,14). The van der Waals surface area contributed by atoms with Crippen molar-refractivity contribution in [2.75, 3.05) is 0 Å². The van der Waals surface area contributed by atoms with E-state index in [0.717, 1.165) is 12.8 Å². The summed E-state index contributed by atoms with van der Waals surface area (Å²) in [6.45, 7) is 4.06. The summed E-state index contributed by atoms with van der Waals surface area (Å²) in [5.41, 5.74) is 0. The Morgan fingerprint density at radius 3 is 2.07 bits per heavy atom. The minimum Gasteiger partial charge on any atom is -0.354 e. The summed E-state index contributed by atoms with van der Waals surface area (Å²) in [6.07, 6.45) is 8.64. The first-order valence-corrected chi connectivity index (χ1v) is 6.00. The Hall–Kier alpha value is -0.530. The normalized spacial score (nSPS) is 20.2. The molecule has 1 aliphatic carbocycles. The Morgan fingerprint density at radius 2 is 1.57 bits per heavy atom. The van der Waals surface area contributed by atoms with Gasteiger partial charge in [0.1, 0.15) is 0 Å². The highest BCUT2D eigenvalue weighted by Crippen LogP contribution is 2.22. The number of hydrogen-bond acceptors (Lipinski definition) is 1. The molecule has 2 heteroatoms. The van der Waals surface area contributed by atoms with Crippen LogP contribution in [-0.4, -0.2) is 11.9 Å². The van der Waals surface area contributed by atoms with Gasteiger partial charge in [0.2, 0.25) is 5.91 Å². The van der Waals surface area contributed by atoms with E-state index >= 15 is 0 Å². The van der Waals surface area contributed by atoms with E-state index in [4.69, 9.17) is 0 Å². The van der Waals surface area contributed by atoms with Crippen LogP contribution < -0.4 is 5.32 Å². The highest BCUT2D eigenvalue weighted by atomic mass is 16.1. The van der Waals surface area contributed by atoms with Crippen LogP contribution in [0.1, 0.15) is 58.8 Å². The van der Waals surface area contributed by atoms with Gasteiger partial charge in [-0.1, -0.05) is 32.1 Å². The van der Waals surface area contributed by atoms with Crippen molar-refractivity contribution in [3.05, 3.63) is 0 Å². The maximum atomic E-state index is 11.8. The van der Waals surface area contributed by atoms with E-state index in [2.05, 4.69) is 5.32 Å². The molecular weight excluding hydrogens is 174 g/mol. The lowest BCUT2D eigenvalue weighted by molar-refractivity contribution is -0.126. The molecule has 0 aromatic carbocycles. The van der Waals surface area contributed by atoms with Crippen LogP contribution in [0.4, 0.5) is 0 Å². The second-order valence-electron chi connectivity index (χ2n) is 4.71. The van der Waals surface area contributed by atoms with Crippen molar-refractivity contribution in [1.82, 2.24) is 5.32 Å². The molecule has 0 unspecified atom stereocenters. The van der Waals surface area contributed by atoms with Crippen LogP contribution in [0.25, 0.3) is 0 Å². The predicted molar refractivity (Wildman–Crippen MR) is 59.1 cm³/mol. The zero-order chi connectivity index (χ0) is 10.4. The second-order valence-corrected chi connectivity index (χ2v) is 4.71. The van der Waals surface area contributed by atoms with E-state index < -0.39 is 0 Å². The van der Waals surface area contributed by atoms with E-state index in [0.29, 0.717) is 0 Å². The number of amides is 1. The molecule has 0 aliphatic heterocycles. The zero-order valence-electron chi connectivity index (χ0n) is 9.51. The number of carbonyl (C=O) groups excluding carboxylic acids is 1. The molecule has 1 aliphatic rings. The lowest BCUT2D eigenvalue weighted by atomic mass is 9.90. The molecule has 1 rings (SSSR count). The average molecular weight is 197 g/mol. The number of carbonyl (C=O) groups is 1. The Bertz CT molecular complexity index is 169. The Balaban J connectivity index is 2.35. The van der Waals surface area contributed by atoms with Gasteiger partial charge in [0.25, 0.3) is 0 Å². The molecule has 82 valence electrons. The van der Waals surface area contributed by atoms with Crippen molar-refractivity contribution < 1.29 is 4.79 Å². The summed E-state index contributed by atoms with van der Waals surface area (Å²) in [6, 6.07) is 0.285. The lowest BCUT2D eigenvalue weighted by Crippen LogP contribution is -2.35. The third kappa shape index (κ3) is 4.12. The van der Waals surface area contributed by atoms with Gasteiger partial charge >= 0.3 is 0 Å². The molecular formula is C12H23NO. The fraction of sp³-hybridized carbons (Fsp3) is 0.917. The van der Waals surface area contributed by atoms with Crippen LogP contribution in [-0.2, 0) is 4.79 Å². The summed E-state index contributed by atoms with van der Waals surface area (Å²) < 4.78 is 0. The lowest BCUT2D eigenvalue weighted by Gasteiger charge is -2.20. The SMILES string of the molecule is CC(C)NC(=O)C1CCCCCCC1. The molecule has 0 saturated heterocycles. The van der Waals surface area contributed by atoms with Crippen molar-refractivity contribution in [2.24, 2.45) is 5.92 Å². The molecule has 0 atom stereocenters. The monoisotopic (exact) mass is 197 g/mol. The van der Waals surface area contributed by atoms with Crippen LogP contribution in [0.2, 0.25) is 0 Å². The predicted octanol–water partition coefficient (Wildman–Crippen LogP) is 2.87. The molecule has 1 N–H and O–H groups in total. The van der Waals surface area contributed by atoms with Gasteiger partial charge in [-0.15, -0.1) is 0 Å². The molecule has 14 heavy (non-hydrogen) atoms.